The zero-order valence-electron chi connectivity index (χ0n) is 16.7. The largest absolute Gasteiger partial charge is 0.489 e. The zero-order chi connectivity index (χ0) is 18.9. The van der Waals surface area contributed by atoms with Gasteiger partial charge in [0.1, 0.15) is 12.4 Å². The third-order valence-electron chi connectivity index (χ3n) is 4.84. The Balaban J connectivity index is 0.00000280. The lowest BCUT2D eigenvalue weighted by molar-refractivity contribution is 0.301. The number of aryl methyl sites for hydroxylation is 2. The first kappa shape index (κ1) is 22.0. The van der Waals surface area contributed by atoms with Crippen LogP contribution in [0.5, 0.6) is 5.75 Å². The molecule has 0 spiro atoms. The predicted octanol–water partition coefficient (Wildman–Crippen LogP) is 6.11. The summed E-state index contributed by atoms with van der Waals surface area (Å²) in [5, 5.41) is 3.64. The molecule has 28 heavy (non-hydrogen) atoms. The summed E-state index contributed by atoms with van der Waals surface area (Å²) >= 11 is 0. The quantitative estimate of drug-likeness (QED) is 0.472. The Kier molecular flexibility index (Phi) is 9.06. The van der Waals surface area contributed by atoms with Gasteiger partial charge in [0.05, 0.1) is 0 Å². The summed E-state index contributed by atoms with van der Waals surface area (Å²) in [7, 11) is 0. The topological polar surface area (TPSA) is 21.3 Å². The summed E-state index contributed by atoms with van der Waals surface area (Å²) in [5.41, 5.74) is 5.07. The van der Waals surface area contributed by atoms with Crippen molar-refractivity contribution in [1.29, 1.82) is 0 Å². The van der Waals surface area contributed by atoms with Crippen LogP contribution in [0, 0.1) is 6.92 Å². The third kappa shape index (κ3) is 7.03. The van der Waals surface area contributed by atoms with Gasteiger partial charge in [-0.2, -0.15) is 0 Å². The van der Waals surface area contributed by atoms with Crippen molar-refractivity contribution in [2.75, 3.05) is 0 Å². The molecule has 2 nitrogen and oxygen atoms in total. The fraction of sp³-hybridized carbons (Fsp3) is 0.280. The number of para-hydroxylation sites is 1. The Labute approximate surface area is 175 Å². The molecule has 1 N–H and O–H groups in total. The molecule has 0 aliphatic carbocycles. The molecule has 0 aromatic heterocycles. The molecule has 3 heteroatoms. The second-order valence-electron chi connectivity index (χ2n) is 7.19. The second-order valence-corrected chi connectivity index (χ2v) is 7.19. The van der Waals surface area contributed by atoms with Gasteiger partial charge in [0.15, 0.2) is 0 Å². The lowest BCUT2D eigenvalue weighted by Crippen LogP contribution is -2.26. The maximum atomic E-state index is 6.08. The van der Waals surface area contributed by atoms with Crippen LogP contribution >= 0.6 is 12.4 Å². The number of benzene rings is 3. The third-order valence-corrected chi connectivity index (χ3v) is 4.84. The molecule has 0 amide bonds. The average molecular weight is 396 g/mol. The Hall–Kier alpha value is -2.29. The molecule has 0 saturated carbocycles. The van der Waals surface area contributed by atoms with E-state index in [9.17, 15) is 0 Å². The van der Waals surface area contributed by atoms with Gasteiger partial charge in [-0.25, -0.2) is 0 Å². The van der Waals surface area contributed by atoms with Crippen molar-refractivity contribution >= 4 is 12.4 Å². The van der Waals surface area contributed by atoms with Gasteiger partial charge in [-0.3, -0.25) is 0 Å². The Morgan fingerprint density at radius 1 is 0.821 bits per heavy atom. The molecule has 0 aliphatic heterocycles. The van der Waals surface area contributed by atoms with Gasteiger partial charge in [0.2, 0.25) is 0 Å². The molecule has 3 rings (SSSR count). The fourth-order valence-corrected chi connectivity index (χ4v) is 3.05. The standard InChI is InChI=1S/C25H29NO.ClH/c1-20-12-15-23(16-13-20)19-27-25-11-7-6-10-24(25)18-26-21(2)14-17-22-8-4-3-5-9-22;/h3-13,15-16,21,26H,14,17-19H2,1-2H3;1H. The van der Waals surface area contributed by atoms with E-state index < -0.39 is 0 Å². The summed E-state index contributed by atoms with van der Waals surface area (Å²) in [6, 6.07) is 27.9. The minimum Gasteiger partial charge on any atom is -0.489 e. The number of hydrogen-bond donors (Lipinski definition) is 1. The van der Waals surface area contributed by atoms with Crippen LogP contribution in [0.3, 0.4) is 0 Å². The van der Waals surface area contributed by atoms with Gasteiger partial charge in [-0.05, 0) is 43.9 Å². The Morgan fingerprint density at radius 2 is 1.50 bits per heavy atom. The van der Waals surface area contributed by atoms with Crippen molar-refractivity contribution in [1.82, 2.24) is 5.32 Å². The van der Waals surface area contributed by atoms with E-state index >= 15 is 0 Å². The molecule has 0 bridgehead atoms. The Morgan fingerprint density at radius 3 is 2.25 bits per heavy atom. The van der Waals surface area contributed by atoms with E-state index in [1.54, 1.807) is 0 Å². The maximum Gasteiger partial charge on any atom is 0.124 e. The van der Waals surface area contributed by atoms with Crippen molar-refractivity contribution in [2.45, 2.75) is 45.9 Å². The zero-order valence-corrected chi connectivity index (χ0v) is 17.5. The van der Waals surface area contributed by atoms with Crippen LogP contribution in [-0.4, -0.2) is 6.04 Å². The smallest absolute Gasteiger partial charge is 0.124 e. The monoisotopic (exact) mass is 395 g/mol. The molecule has 0 aliphatic rings. The molecule has 1 unspecified atom stereocenters. The molecule has 0 heterocycles. The van der Waals surface area contributed by atoms with Gasteiger partial charge in [-0.15, -0.1) is 12.4 Å². The summed E-state index contributed by atoms with van der Waals surface area (Å²) in [5.74, 6) is 0.959. The first-order valence-corrected chi connectivity index (χ1v) is 9.74. The summed E-state index contributed by atoms with van der Waals surface area (Å²) < 4.78 is 6.08. The van der Waals surface area contributed by atoms with Crippen LogP contribution in [0.15, 0.2) is 78.9 Å². The fourth-order valence-electron chi connectivity index (χ4n) is 3.05. The number of hydrogen-bond acceptors (Lipinski definition) is 2. The number of rotatable bonds is 9. The van der Waals surface area contributed by atoms with Crippen LogP contribution in [0.4, 0.5) is 0 Å². The number of halogens is 1. The van der Waals surface area contributed by atoms with Crippen LogP contribution in [0.25, 0.3) is 0 Å². The van der Waals surface area contributed by atoms with Crippen molar-refractivity contribution in [3.63, 3.8) is 0 Å². The second kappa shape index (κ2) is 11.5. The van der Waals surface area contributed by atoms with E-state index in [2.05, 4.69) is 92.0 Å². The highest BCUT2D eigenvalue weighted by molar-refractivity contribution is 5.85. The average Bonchev–Trinajstić information content (AvgIpc) is 2.71. The highest BCUT2D eigenvalue weighted by Gasteiger charge is 2.07. The number of nitrogens with one attached hydrogen (secondary N) is 1. The lowest BCUT2D eigenvalue weighted by Gasteiger charge is -2.16. The predicted molar refractivity (Wildman–Crippen MR) is 120 cm³/mol. The molecule has 3 aromatic carbocycles. The lowest BCUT2D eigenvalue weighted by atomic mass is 10.1. The van der Waals surface area contributed by atoms with Crippen molar-refractivity contribution in [2.24, 2.45) is 0 Å². The van der Waals surface area contributed by atoms with Gasteiger partial charge in [0.25, 0.3) is 0 Å². The Bertz CT molecular complexity index is 817. The first-order chi connectivity index (χ1) is 13.2. The molecule has 0 saturated heterocycles. The molecule has 0 radical (unpaired) electrons. The van der Waals surface area contributed by atoms with Crippen LogP contribution in [-0.2, 0) is 19.6 Å². The molecule has 1 atom stereocenters. The molecule has 0 fully saturated rings. The van der Waals surface area contributed by atoms with E-state index in [1.807, 2.05) is 6.07 Å². The summed E-state index contributed by atoms with van der Waals surface area (Å²) in [6.45, 7) is 5.77. The van der Waals surface area contributed by atoms with E-state index in [1.165, 1.54) is 22.3 Å². The molecule has 3 aromatic rings. The normalized spacial score (nSPS) is 11.5. The van der Waals surface area contributed by atoms with Crippen LogP contribution in [0.1, 0.15) is 35.6 Å². The summed E-state index contributed by atoms with van der Waals surface area (Å²) in [6.07, 6.45) is 2.22. The van der Waals surface area contributed by atoms with Crippen molar-refractivity contribution in [3.8, 4) is 5.75 Å². The van der Waals surface area contributed by atoms with E-state index in [0.29, 0.717) is 12.6 Å². The maximum absolute atomic E-state index is 6.08. The highest BCUT2D eigenvalue weighted by atomic mass is 35.5. The van der Waals surface area contributed by atoms with Gasteiger partial charge in [-0.1, -0.05) is 78.4 Å². The van der Waals surface area contributed by atoms with E-state index in [0.717, 1.165) is 25.1 Å². The summed E-state index contributed by atoms with van der Waals surface area (Å²) in [4.78, 5) is 0. The number of ether oxygens (including phenoxy) is 1. The minimum atomic E-state index is 0. The van der Waals surface area contributed by atoms with Crippen molar-refractivity contribution in [3.05, 3.63) is 101 Å². The minimum absolute atomic E-state index is 0. The molecular weight excluding hydrogens is 366 g/mol. The van der Waals surface area contributed by atoms with Crippen molar-refractivity contribution < 1.29 is 4.74 Å². The van der Waals surface area contributed by atoms with Crippen LogP contribution < -0.4 is 10.1 Å². The van der Waals surface area contributed by atoms with Crippen LogP contribution in [0.2, 0.25) is 0 Å². The first-order valence-electron chi connectivity index (χ1n) is 9.74. The van der Waals surface area contributed by atoms with Gasteiger partial charge >= 0.3 is 0 Å². The van der Waals surface area contributed by atoms with E-state index in [4.69, 9.17) is 4.74 Å². The van der Waals surface area contributed by atoms with Gasteiger partial charge < -0.3 is 10.1 Å². The molecule has 148 valence electrons. The highest BCUT2D eigenvalue weighted by Crippen LogP contribution is 2.20. The SMILES string of the molecule is Cc1ccc(COc2ccccc2CNC(C)CCc2ccccc2)cc1.Cl. The van der Waals surface area contributed by atoms with Gasteiger partial charge in [0, 0.05) is 18.2 Å². The molecular formula is C25H30ClNO. The van der Waals surface area contributed by atoms with E-state index in [-0.39, 0.29) is 12.4 Å².